The summed E-state index contributed by atoms with van der Waals surface area (Å²) in [6.45, 7) is 0. The molecule has 10 heteroatoms. The highest BCUT2D eigenvalue weighted by molar-refractivity contribution is 7.98. The van der Waals surface area contributed by atoms with Gasteiger partial charge in [-0.3, -0.25) is 0 Å². The fourth-order valence-corrected chi connectivity index (χ4v) is 5.82. The van der Waals surface area contributed by atoms with Gasteiger partial charge in [-0.25, -0.2) is 21.1 Å². The van der Waals surface area contributed by atoms with Gasteiger partial charge in [-0.1, -0.05) is 83.3 Å². The Kier molecular flexibility index (Phi) is 6.17. The van der Waals surface area contributed by atoms with Crippen LogP contribution in [0.25, 0.3) is 0 Å². The first-order valence-electron chi connectivity index (χ1n) is 8.12. The van der Waals surface area contributed by atoms with Crippen molar-refractivity contribution in [1.82, 2.24) is 0 Å². The highest BCUT2D eigenvalue weighted by atomic mass is 35.6. The Morgan fingerprint density at radius 1 is 0.655 bits per heavy atom. The van der Waals surface area contributed by atoms with E-state index in [1.165, 1.54) is 48.5 Å². The third kappa shape index (κ3) is 4.25. The van der Waals surface area contributed by atoms with Crippen molar-refractivity contribution < 1.29 is 16.8 Å². The Labute approximate surface area is 184 Å². The number of benzene rings is 3. The van der Waals surface area contributed by atoms with Crippen molar-refractivity contribution in [1.29, 1.82) is 0 Å². The van der Waals surface area contributed by atoms with E-state index in [0.717, 1.165) is 4.31 Å². The topological polar surface area (TPSA) is 71.5 Å². The molecule has 0 unspecified atom stereocenters. The van der Waals surface area contributed by atoms with Gasteiger partial charge in [0, 0.05) is 0 Å². The molecule has 0 bridgehead atoms. The summed E-state index contributed by atoms with van der Waals surface area (Å²) in [5.41, 5.74) is -0.0385. The van der Waals surface area contributed by atoms with Gasteiger partial charge < -0.3 is 0 Å². The lowest BCUT2D eigenvalue weighted by Crippen LogP contribution is -2.36. The Morgan fingerprint density at radius 3 is 1.69 bits per heavy atom. The van der Waals surface area contributed by atoms with E-state index in [0.29, 0.717) is 0 Å². The van der Waals surface area contributed by atoms with Crippen LogP contribution in [-0.4, -0.2) is 20.0 Å². The zero-order valence-corrected chi connectivity index (χ0v) is 18.5. The van der Waals surface area contributed by atoms with Gasteiger partial charge in [-0.05, 0) is 36.4 Å². The lowest BCUT2D eigenvalue weighted by molar-refractivity contribution is 0.595. The minimum atomic E-state index is -4.64. The SMILES string of the molecule is O=S(=O)(c1ccccc1)c1ccccc1N(c1ccccc1)S(=O)(=O)C(Cl)(Cl)Cl. The molecule has 0 aliphatic heterocycles. The smallest absolute Gasteiger partial charge is 0.234 e. The van der Waals surface area contributed by atoms with Crippen LogP contribution in [0.5, 0.6) is 0 Å². The monoisotopic (exact) mass is 489 g/mol. The second-order valence-electron chi connectivity index (χ2n) is 5.83. The molecule has 5 nitrogen and oxygen atoms in total. The average Bonchev–Trinajstić information content (AvgIpc) is 2.69. The summed E-state index contributed by atoms with van der Waals surface area (Å²) in [6, 6.07) is 21.1. The molecule has 0 saturated carbocycles. The van der Waals surface area contributed by atoms with Crippen molar-refractivity contribution in [2.75, 3.05) is 4.31 Å². The Morgan fingerprint density at radius 2 is 1.14 bits per heavy atom. The van der Waals surface area contributed by atoms with Crippen LogP contribution in [0, 0.1) is 0 Å². The fourth-order valence-electron chi connectivity index (χ4n) is 2.65. The van der Waals surface area contributed by atoms with Gasteiger partial charge in [0.05, 0.1) is 21.2 Å². The van der Waals surface area contributed by atoms with Crippen LogP contribution in [0.15, 0.2) is 94.7 Å². The Balaban J connectivity index is 2.33. The number of nitrogens with zero attached hydrogens (tertiary/aromatic N) is 1. The normalized spacial score (nSPS) is 12.5. The molecule has 0 aromatic heterocycles. The van der Waals surface area contributed by atoms with Crippen LogP contribution in [0.1, 0.15) is 0 Å². The zero-order valence-electron chi connectivity index (χ0n) is 14.6. The molecule has 0 aliphatic carbocycles. The molecule has 0 spiro atoms. The van der Waals surface area contributed by atoms with Crippen molar-refractivity contribution >= 4 is 66.0 Å². The molecule has 0 fully saturated rings. The molecule has 3 aromatic rings. The van der Waals surface area contributed by atoms with E-state index in [-0.39, 0.29) is 21.2 Å². The summed E-state index contributed by atoms with van der Waals surface area (Å²) in [6.07, 6.45) is 0. The molecule has 0 atom stereocenters. The second kappa shape index (κ2) is 8.16. The van der Waals surface area contributed by atoms with Gasteiger partial charge in [0.1, 0.15) is 0 Å². The van der Waals surface area contributed by atoms with Crippen LogP contribution < -0.4 is 4.31 Å². The van der Waals surface area contributed by atoms with Gasteiger partial charge in [0.2, 0.25) is 9.84 Å². The van der Waals surface area contributed by atoms with Gasteiger partial charge in [0.15, 0.2) is 0 Å². The highest BCUT2D eigenvalue weighted by Crippen LogP contribution is 2.43. The van der Waals surface area contributed by atoms with Crippen LogP contribution in [0.2, 0.25) is 0 Å². The molecular weight excluding hydrogens is 477 g/mol. The van der Waals surface area contributed by atoms with Crippen molar-refractivity contribution in [2.24, 2.45) is 0 Å². The number of hydrogen-bond acceptors (Lipinski definition) is 4. The number of anilines is 2. The van der Waals surface area contributed by atoms with E-state index in [9.17, 15) is 16.8 Å². The van der Waals surface area contributed by atoms with E-state index in [2.05, 4.69) is 0 Å². The predicted molar refractivity (Wildman–Crippen MR) is 116 cm³/mol. The summed E-state index contributed by atoms with van der Waals surface area (Å²) < 4.78 is 50.7. The molecule has 3 aromatic carbocycles. The van der Waals surface area contributed by atoms with E-state index < -0.39 is 23.0 Å². The van der Waals surface area contributed by atoms with Crippen LogP contribution >= 0.6 is 34.8 Å². The van der Waals surface area contributed by atoms with E-state index in [1.807, 2.05) is 0 Å². The lowest BCUT2D eigenvalue weighted by atomic mass is 10.2. The molecule has 0 aliphatic rings. The summed E-state index contributed by atoms with van der Waals surface area (Å²) in [4.78, 5) is -0.236. The molecule has 0 saturated heterocycles. The molecule has 0 amide bonds. The Bertz CT molecular complexity index is 1210. The van der Waals surface area contributed by atoms with Gasteiger partial charge >= 0.3 is 3.12 Å². The number of hydrogen-bond donors (Lipinski definition) is 0. The zero-order chi connectivity index (χ0) is 21.3. The van der Waals surface area contributed by atoms with Crippen LogP contribution in [-0.2, 0) is 19.9 Å². The third-order valence-electron chi connectivity index (χ3n) is 3.95. The number of halogens is 3. The molecule has 152 valence electrons. The quantitative estimate of drug-likeness (QED) is 0.454. The van der Waals surface area contributed by atoms with Crippen molar-refractivity contribution in [3.8, 4) is 0 Å². The van der Waals surface area contributed by atoms with Crippen molar-refractivity contribution in [3.63, 3.8) is 0 Å². The van der Waals surface area contributed by atoms with Gasteiger partial charge in [-0.2, -0.15) is 0 Å². The predicted octanol–water partition coefficient (Wildman–Crippen LogP) is 5.32. The summed E-state index contributed by atoms with van der Waals surface area (Å²) in [5, 5.41) is 0. The number of para-hydroxylation sites is 2. The van der Waals surface area contributed by atoms with Crippen LogP contribution in [0.4, 0.5) is 11.4 Å². The minimum absolute atomic E-state index is 0.00624. The standard InChI is InChI=1S/C19H14Cl3NO4S2/c20-19(21,22)29(26,27)23(15-9-3-1-4-10-15)17-13-7-8-14-18(17)28(24,25)16-11-5-2-6-12-16/h1-14H. The average molecular weight is 491 g/mol. The van der Waals surface area contributed by atoms with Crippen LogP contribution in [0.3, 0.4) is 0 Å². The molecule has 29 heavy (non-hydrogen) atoms. The van der Waals surface area contributed by atoms with E-state index >= 15 is 0 Å². The maximum Gasteiger partial charge on any atom is 0.312 e. The molecule has 0 N–H and O–H groups in total. The Hall–Kier alpha value is -1.77. The first kappa shape index (κ1) is 21.9. The third-order valence-corrected chi connectivity index (χ3v) is 9.00. The highest BCUT2D eigenvalue weighted by Gasteiger charge is 2.45. The minimum Gasteiger partial charge on any atom is -0.234 e. The van der Waals surface area contributed by atoms with Gasteiger partial charge in [0.25, 0.3) is 10.0 Å². The van der Waals surface area contributed by atoms with Crippen molar-refractivity contribution in [2.45, 2.75) is 12.9 Å². The first-order chi connectivity index (χ1) is 13.6. The summed E-state index contributed by atoms with van der Waals surface area (Å²) >= 11 is 17.3. The largest absolute Gasteiger partial charge is 0.312 e. The second-order valence-corrected chi connectivity index (χ2v) is 12.6. The number of alkyl halides is 3. The van der Waals surface area contributed by atoms with E-state index in [4.69, 9.17) is 34.8 Å². The van der Waals surface area contributed by atoms with Crippen molar-refractivity contribution in [3.05, 3.63) is 84.9 Å². The van der Waals surface area contributed by atoms with Gasteiger partial charge in [-0.15, -0.1) is 0 Å². The maximum atomic E-state index is 13.2. The summed E-state index contributed by atoms with van der Waals surface area (Å²) in [7, 11) is -8.71. The molecular formula is C19H14Cl3NO4S2. The number of rotatable bonds is 5. The maximum absolute atomic E-state index is 13.2. The first-order valence-corrected chi connectivity index (χ1v) is 12.2. The molecule has 0 heterocycles. The molecule has 3 rings (SSSR count). The number of sulfone groups is 1. The number of sulfonamides is 1. The van der Waals surface area contributed by atoms with E-state index in [1.54, 1.807) is 36.4 Å². The summed E-state index contributed by atoms with van der Waals surface area (Å²) in [5.74, 6) is 0. The lowest BCUT2D eigenvalue weighted by Gasteiger charge is -2.29. The fraction of sp³-hybridized carbons (Fsp3) is 0.0526. The molecule has 0 radical (unpaired) electrons.